The summed E-state index contributed by atoms with van der Waals surface area (Å²) in [7, 11) is 6.35. The number of rotatable bonds is 4. The number of carbonyl (C=O) groups excluding carboxylic acids is 5. The molecule has 13 nitrogen and oxygen atoms in total. The van der Waals surface area contributed by atoms with Gasteiger partial charge in [-0.05, 0) is 50.7 Å². The first-order chi connectivity index (χ1) is 19.1. The molecule has 0 aliphatic heterocycles. The van der Waals surface area contributed by atoms with Crippen LogP contribution in [0.5, 0.6) is 5.75 Å². The Hall–Kier alpha value is -4.38. The molecular weight excluding hydrogens is 532 g/mol. The predicted octanol–water partition coefficient (Wildman–Crippen LogP) is -0.866. The number of phenols is 1. The average Bonchev–Trinajstić information content (AvgIpc) is 3.37. The first-order valence-electron chi connectivity index (χ1n) is 12.8. The number of hydrogen-bond donors (Lipinski definition) is 4. The van der Waals surface area contributed by atoms with Gasteiger partial charge >= 0.3 is 0 Å². The van der Waals surface area contributed by atoms with Crippen molar-refractivity contribution in [1.82, 2.24) is 4.90 Å². The summed E-state index contributed by atoms with van der Waals surface area (Å²) < 4.78 is 5.45. The Labute approximate surface area is 234 Å². The first-order valence-corrected chi connectivity index (χ1v) is 12.8. The summed E-state index contributed by atoms with van der Waals surface area (Å²) in [6.45, 7) is 0. The molecule has 0 bridgehead atoms. The molecule has 1 amide bonds. The fourth-order valence-corrected chi connectivity index (χ4v) is 7.27. The molecule has 3 aliphatic carbocycles. The smallest absolute Gasteiger partial charge is 0.235 e. The number of anilines is 1. The van der Waals surface area contributed by atoms with Gasteiger partial charge in [-0.25, -0.2) is 0 Å². The average molecular weight is 563 g/mol. The van der Waals surface area contributed by atoms with Gasteiger partial charge in [0.2, 0.25) is 5.91 Å². The van der Waals surface area contributed by atoms with Gasteiger partial charge in [-0.15, -0.1) is 0 Å². The lowest BCUT2D eigenvalue weighted by molar-refractivity contribution is -0.166. The van der Waals surface area contributed by atoms with E-state index >= 15 is 0 Å². The number of nitriles is 1. The number of hydrogen-bond acceptors (Lipinski definition) is 12. The molecule has 1 aromatic heterocycles. The summed E-state index contributed by atoms with van der Waals surface area (Å²) in [6, 6.07) is 5.05. The van der Waals surface area contributed by atoms with Crippen molar-refractivity contribution in [1.29, 1.82) is 5.26 Å². The van der Waals surface area contributed by atoms with Crippen molar-refractivity contribution in [2.45, 2.75) is 30.0 Å². The third-order valence-corrected chi connectivity index (χ3v) is 8.84. The van der Waals surface area contributed by atoms with E-state index in [9.17, 15) is 34.3 Å². The van der Waals surface area contributed by atoms with E-state index in [1.54, 1.807) is 43.3 Å². The number of nitrogens with two attached hydrogens (primary N) is 3. The molecule has 2 saturated carbocycles. The quantitative estimate of drug-likeness (QED) is 0.334. The number of ketones is 4. The van der Waals surface area contributed by atoms with Crippen LogP contribution in [0.15, 0.2) is 28.9 Å². The standard InChI is InChI=1S/C28H30N6O7/c1-33(2)14-8-12(15-6-5-7-41-15)19(35)16-13(14)9-26(31)10-28(32)22(34(3)4)21(37)17(25(30)40)23(38)27(28,11-29)24(39)18(26)20(16)36/h5-8,17-18,22,35H,9-10,31-32H2,1-4H3,(H2,30,40)/t17?,18?,22-,26-,27+,28-/m1/s1. The molecule has 3 aliphatic rings. The van der Waals surface area contributed by atoms with Gasteiger partial charge in [0.05, 0.1) is 35.0 Å². The fourth-order valence-electron chi connectivity index (χ4n) is 7.27. The third kappa shape index (κ3) is 3.35. The molecule has 0 saturated heterocycles. The lowest BCUT2D eigenvalue weighted by Gasteiger charge is -2.60. The second kappa shape index (κ2) is 8.81. The number of phenolic OH excluding ortho intramolecular Hbond substituents is 1. The van der Waals surface area contributed by atoms with E-state index < -0.39 is 75.6 Å². The van der Waals surface area contributed by atoms with E-state index in [-0.39, 0.29) is 23.3 Å². The van der Waals surface area contributed by atoms with Gasteiger partial charge in [0.25, 0.3) is 0 Å². The van der Waals surface area contributed by atoms with Crippen molar-refractivity contribution >= 4 is 34.7 Å². The van der Waals surface area contributed by atoms with Gasteiger partial charge in [-0.2, -0.15) is 5.26 Å². The number of aromatic hydroxyl groups is 1. The third-order valence-electron chi connectivity index (χ3n) is 8.84. The van der Waals surface area contributed by atoms with Gasteiger partial charge in [0.15, 0.2) is 34.5 Å². The van der Waals surface area contributed by atoms with E-state index in [0.29, 0.717) is 11.3 Å². The van der Waals surface area contributed by atoms with Crippen LogP contribution in [0.1, 0.15) is 22.3 Å². The second-order valence-corrected chi connectivity index (χ2v) is 11.6. The topological polar surface area (TPSA) is 227 Å². The molecule has 5 rings (SSSR count). The van der Waals surface area contributed by atoms with Gasteiger partial charge in [-0.1, -0.05) is 0 Å². The summed E-state index contributed by atoms with van der Waals surface area (Å²) in [5.41, 5.74) is 13.2. The Morgan fingerprint density at radius 2 is 1.80 bits per heavy atom. The van der Waals surface area contributed by atoms with Gasteiger partial charge < -0.3 is 31.6 Å². The Kier molecular flexibility index (Phi) is 6.05. The molecule has 214 valence electrons. The van der Waals surface area contributed by atoms with Crippen LogP contribution in [0.4, 0.5) is 5.69 Å². The number of primary amides is 1. The predicted molar refractivity (Wildman–Crippen MR) is 143 cm³/mol. The highest BCUT2D eigenvalue weighted by atomic mass is 16.3. The van der Waals surface area contributed by atoms with Crippen LogP contribution >= 0.6 is 0 Å². The molecule has 2 fully saturated rings. The highest BCUT2D eigenvalue weighted by molar-refractivity contribution is 6.33. The van der Waals surface area contributed by atoms with Crippen LogP contribution in [0, 0.1) is 28.6 Å². The molecule has 2 aromatic rings. The number of Topliss-reactive ketones (excluding diaryl/α,β-unsaturated/α-hetero) is 4. The number of fused-ring (bicyclic) bond motifs is 3. The van der Waals surface area contributed by atoms with Crippen molar-refractivity contribution in [3.63, 3.8) is 0 Å². The largest absolute Gasteiger partial charge is 0.506 e. The van der Waals surface area contributed by atoms with Crippen molar-refractivity contribution in [3.05, 3.63) is 35.6 Å². The first kappa shape index (κ1) is 28.2. The Balaban J connectivity index is 1.80. The van der Waals surface area contributed by atoms with Gasteiger partial charge in [-0.3, -0.25) is 28.9 Å². The molecule has 1 aromatic carbocycles. The SMILES string of the molecule is CN(C)c1cc(-c2ccco2)c(O)c2c1C[C@@]1(N)C[C@@]3(N)[C@H](N(C)C)C(=O)C(C(N)=O)C(=O)[C@@]3(C#N)C(=O)C1C2=O. The normalized spacial score (nSPS) is 32.7. The molecular formula is C28H30N6O7. The lowest BCUT2D eigenvalue weighted by Crippen LogP contribution is -2.85. The van der Waals surface area contributed by atoms with Crippen LogP contribution in [0.2, 0.25) is 0 Å². The molecule has 13 heteroatoms. The van der Waals surface area contributed by atoms with E-state index in [2.05, 4.69) is 0 Å². The zero-order valence-electron chi connectivity index (χ0n) is 22.9. The number of benzene rings is 1. The maximum Gasteiger partial charge on any atom is 0.235 e. The lowest BCUT2D eigenvalue weighted by atomic mass is 9.42. The minimum atomic E-state index is -2.80. The van der Waals surface area contributed by atoms with Gasteiger partial charge in [0.1, 0.15) is 17.4 Å². The maximum absolute atomic E-state index is 14.5. The summed E-state index contributed by atoms with van der Waals surface area (Å²) in [4.78, 5) is 71.4. The number of furan rings is 1. The van der Waals surface area contributed by atoms with E-state index in [1.807, 2.05) is 0 Å². The monoisotopic (exact) mass is 562 g/mol. The molecule has 41 heavy (non-hydrogen) atoms. The van der Waals surface area contributed by atoms with Crippen LogP contribution in [0.3, 0.4) is 0 Å². The Morgan fingerprint density at radius 1 is 1.15 bits per heavy atom. The number of nitrogens with zero attached hydrogens (tertiary/aromatic N) is 3. The van der Waals surface area contributed by atoms with Crippen molar-refractivity contribution in [2.75, 3.05) is 33.1 Å². The van der Waals surface area contributed by atoms with Crippen LogP contribution in [-0.2, 0) is 25.6 Å². The highest BCUT2D eigenvalue weighted by Crippen LogP contribution is 2.57. The van der Waals surface area contributed by atoms with Crippen LogP contribution in [0.25, 0.3) is 11.3 Å². The molecule has 0 spiro atoms. The Bertz CT molecular complexity index is 1590. The second-order valence-electron chi connectivity index (χ2n) is 11.6. The summed E-state index contributed by atoms with van der Waals surface area (Å²) in [5, 5.41) is 21.8. The van der Waals surface area contributed by atoms with Gasteiger partial charge in [0, 0.05) is 25.3 Å². The maximum atomic E-state index is 14.5. The highest BCUT2D eigenvalue weighted by Gasteiger charge is 2.78. The molecule has 0 radical (unpaired) electrons. The fraction of sp³-hybridized carbons (Fsp3) is 0.429. The minimum absolute atomic E-state index is 0.160. The molecule has 6 atom stereocenters. The Morgan fingerprint density at radius 3 is 2.32 bits per heavy atom. The van der Waals surface area contributed by atoms with E-state index in [1.165, 1.54) is 25.3 Å². The summed E-state index contributed by atoms with van der Waals surface area (Å²) >= 11 is 0. The van der Waals surface area contributed by atoms with Crippen molar-refractivity contribution in [3.8, 4) is 23.1 Å². The van der Waals surface area contributed by atoms with E-state index in [0.717, 1.165) is 0 Å². The summed E-state index contributed by atoms with van der Waals surface area (Å²) in [6.07, 6.45) is 0.755. The van der Waals surface area contributed by atoms with Crippen LogP contribution in [-0.4, -0.2) is 84.4 Å². The number of likely N-dealkylation sites (N-methyl/N-ethyl adjacent to an activating group) is 1. The molecule has 1 heterocycles. The number of carbonyl (C=O) groups is 5. The molecule has 2 unspecified atom stereocenters. The zero-order chi connectivity index (χ0) is 30.4. The summed E-state index contributed by atoms with van der Waals surface area (Å²) in [5.74, 6) is -9.91. The van der Waals surface area contributed by atoms with E-state index in [4.69, 9.17) is 21.6 Å². The zero-order valence-corrected chi connectivity index (χ0v) is 22.9. The van der Waals surface area contributed by atoms with Crippen molar-refractivity contribution in [2.24, 2.45) is 34.5 Å². The van der Waals surface area contributed by atoms with Crippen LogP contribution < -0.4 is 22.1 Å². The molecule has 7 N–H and O–H groups in total. The number of amides is 1. The minimum Gasteiger partial charge on any atom is -0.506 e. The van der Waals surface area contributed by atoms with Crippen molar-refractivity contribution < 1.29 is 33.5 Å².